The van der Waals surface area contributed by atoms with Crippen LogP contribution in [-0.4, -0.2) is 80.6 Å². The molecule has 2 unspecified atom stereocenters. The van der Waals surface area contributed by atoms with E-state index >= 15 is 0 Å². The largest absolute Gasteiger partial charge is 0.493 e. The number of nitrogens with zero attached hydrogens (tertiary/aromatic N) is 3. The van der Waals surface area contributed by atoms with E-state index in [-0.39, 0.29) is 52.6 Å². The molecule has 1 aliphatic heterocycles. The van der Waals surface area contributed by atoms with Crippen LogP contribution >= 0.6 is 11.8 Å². The lowest BCUT2D eigenvalue weighted by Gasteiger charge is -2.45. The molecule has 0 spiro atoms. The number of carbonyl (C=O) groups excluding carboxylic acids is 1. The van der Waals surface area contributed by atoms with Crippen LogP contribution in [0.5, 0.6) is 5.75 Å². The second-order valence-electron chi connectivity index (χ2n) is 23.6. The van der Waals surface area contributed by atoms with Crippen molar-refractivity contribution in [3.63, 3.8) is 0 Å². The van der Waals surface area contributed by atoms with Crippen molar-refractivity contribution in [2.75, 3.05) is 19.8 Å². The number of thioether (sulfide) groups is 1. The van der Waals surface area contributed by atoms with Gasteiger partial charge in [-0.05, 0) is 115 Å². The smallest absolute Gasteiger partial charge is 0.338 e. The summed E-state index contributed by atoms with van der Waals surface area (Å²) in [6, 6.07) is 36.6. The van der Waals surface area contributed by atoms with Crippen LogP contribution in [0.25, 0.3) is 10.4 Å². The Morgan fingerprint density at radius 3 is 1.93 bits per heavy atom. The highest BCUT2D eigenvalue weighted by Crippen LogP contribution is 2.48. The molecule has 0 radical (unpaired) electrons. The van der Waals surface area contributed by atoms with Gasteiger partial charge in [0.15, 0.2) is 14.1 Å². The highest BCUT2D eigenvalue weighted by molar-refractivity contribution is 7.99. The van der Waals surface area contributed by atoms with Crippen molar-refractivity contribution in [2.45, 2.75) is 178 Å². The van der Waals surface area contributed by atoms with Crippen molar-refractivity contribution in [1.29, 1.82) is 0 Å². The van der Waals surface area contributed by atoms with Gasteiger partial charge in [-0.2, -0.15) is 0 Å². The van der Waals surface area contributed by atoms with Crippen LogP contribution in [0.2, 0.25) is 48.9 Å². The van der Waals surface area contributed by atoms with Crippen LogP contribution in [-0.2, 0) is 23.1 Å². The van der Waals surface area contributed by atoms with Crippen LogP contribution in [0.1, 0.15) is 109 Å². The standard InChI is InChI=1S/C58H85N3O7SSi3/c1-42(44(3)67-72(57(7,8)9,46-28-22-18-23-29-46)47-30-24-19-25-31-47)32-35-50(68-71(15,16)56(4,5)6)54-49(65-58(10,11)66-54)36-37-51(69-45-26-20-17-21-27-45)53-48(63-39-38-60-61-59)34-33-43(2)52(53)55(62)64-40-41-70(12,13)14/h17-35,42,44,49-51,54H,36-41H2,1-16H3/b35-32-/t42-,44+,49+,50?,51?,54+/m1/s1. The molecule has 4 aromatic rings. The first-order valence-electron chi connectivity index (χ1n) is 25.9. The first-order valence-corrected chi connectivity index (χ1v) is 35.3. The van der Waals surface area contributed by atoms with Gasteiger partial charge in [0.2, 0.25) is 0 Å². The van der Waals surface area contributed by atoms with Gasteiger partial charge in [0, 0.05) is 34.8 Å². The summed E-state index contributed by atoms with van der Waals surface area (Å²) < 4.78 is 41.5. The Morgan fingerprint density at radius 1 is 0.806 bits per heavy atom. The minimum atomic E-state index is -2.83. The van der Waals surface area contributed by atoms with Gasteiger partial charge < -0.3 is 27.8 Å². The molecule has 0 aliphatic carbocycles. The van der Waals surface area contributed by atoms with Gasteiger partial charge in [-0.1, -0.05) is 170 Å². The maximum absolute atomic E-state index is 14.4. The maximum Gasteiger partial charge on any atom is 0.338 e. The molecule has 14 heteroatoms. The van der Waals surface area contributed by atoms with Crippen LogP contribution < -0.4 is 15.1 Å². The van der Waals surface area contributed by atoms with E-state index < -0.39 is 42.7 Å². The van der Waals surface area contributed by atoms with Crippen molar-refractivity contribution in [3.05, 3.63) is 142 Å². The molecule has 10 nitrogen and oxygen atoms in total. The average Bonchev–Trinajstić information content (AvgIpc) is 3.63. The van der Waals surface area contributed by atoms with Gasteiger partial charge in [0.25, 0.3) is 8.32 Å². The quantitative estimate of drug-likeness (QED) is 0.00994. The van der Waals surface area contributed by atoms with E-state index in [1.54, 1.807) is 11.8 Å². The van der Waals surface area contributed by atoms with E-state index in [0.717, 1.165) is 22.1 Å². The summed E-state index contributed by atoms with van der Waals surface area (Å²) in [6.45, 7) is 36.2. The molecule has 392 valence electrons. The molecule has 0 aromatic heterocycles. The Bertz CT molecular complexity index is 2390. The van der Waals surface area contributed by atoms with Gasteiger partial charge in [-0.25, -0.2) is 4.79 Å². The van der Waals surface area contributed by atoms with E-state index in [4.69, 9.17) is 33.3 Å². The summed E-state index contributed by atoms with van der Waals surface area (Å²) in [5.41, 5.74) is 11.1. The van der Waals surface area contributed by atoms with E-state index in [0.29, 0.717) is 30.8 Å². The van der Waals surface area contributed by atoms with Crippen molar-refractivity contribution < 1.29 is 32.6 Å². The van der Waals surface area contributed by atoms with E-state index in [2.05, 4.69) is 183 Å². The average molecular weight is 1050 g/mol. The Morgan fingerprint density at radius 2 is 1.39 bits per heavy atom. The Kier molecular flexibility index (Phi) is 20.5. The Hall–Kier alpha value is -3.96. The SMILES string of the molecule is Cc1ccc(OCCN=[N+]=[N-])c(C(CC[C@@H]2OC(C)(C)O[C@@H]2C(/C=C\[C@@H](C)[C@H](C)O[Si](c2ccccc2)(c2ccccc2)C(C)(C)C)O[Si](C)(C)C(C)(C)C)Sc2ccccc2)c1C(=O)OCC[Si](C)(C)C. The van der Waals surface area contributed by atoms with Gasteiger partial charge in [0.05, 0.1) is 37.5 Å². The minimum Gasteiger partial charge on any atom is -0.493 e. The molecule has 6 atom stereocenters. The monoisotopic (exact) mass is 1050 g/mol. The lowest BCUT2D eigenvalue weighted by atomic mass is 9.93. The zero-order valence-electron chi connectivity index (χ0n) is 46.3. The molecule has 0 amide bonds. The summed E-state index contributed by atoms with van der Waals surface area (Å²) in [4.78, 5) is 18.4. The number of hydrogen-bond acceptors (Lipinski definition) is 9. The first kappa shape index (κ1) is 58.9. The molecule has 4 aromatic carbocycles. The molecular weight excluding hydrogens is 967 g/mol. The van der Waals surface area contributed by atoms with Crippen LogP contribution in [0.15, 0.2) is 125 Å². The number of rotatable bonds is 24. The highest BCUT2D eigenvalue weighted by atomic mass is 32.2. The number of benzene rings is 4. The molecule has 0 bridgehead atoms. The molecule has 1 saturated heterocycles. The highest BCUT2D eigenvalue weighted by Gasteiger charge is 2.52. The first-order chi connectivity index (χ1) is 33.7. The number of ether oxygens (including phenoxy) is 4. The van der Waals surface area contributed by atoms with Crippen LogP contribution in [0.4, 0.5) is 0 Å². The van der Waals surface area contributed by atoms with Crippen molar-refractivity contribution in [1.82, 2.24) is 0 Å². The summed E-state index contributed by atoms with van der Waals surface area (Å²) in [5.74, 6) is -0.685. The fourth-order valence-electron chi connectivity index (χ4n) is 9.05. The second-order valence-corrected chi connectivity index (χ2v) is 39.5. The van der Waals surface area contributed by atoms with Crippen molar-refractivity contribution >= 4 is 52.8 Å². The summed E-state index contributed by atoms with van der Waals surface area (Å²) in [5, 5.41) is 5.71. The fourth-order valence-corrected chi connectivity index (χ4v) is 17.0. The Labute approximate surface area is 440 Å². The third kappa shape index (κ3) is 15.5. The number of azide groups is 1. The van der Waals surface area contributed by atoms with Crippen LogP contribution in [0, 0.1) is 12.8 Å². The number of aryl methyl sites for hydroxylation is 1. The number of hydrogen-bond donors (Lipinski definition) is 0. The predicted octanol–water partition coefficient (Wildman–Crippen LogP) is 14.9. The van der Waals surface area contributed by atoms with E-state index in [9.17, 15) is 4.79 Å². The zero-order chi connectivity index (χ0) is 53.1. The third-order valence-corrected chi connectivity index (χ3v) is 26.8. The maximum atomic E-state index is 14.4. The molecule has 1 fully saturated rings. The van der Waals surface area contributed by atoms with Gasteiger partial charge in [-0.15, -0.1) is 11.8 Å². The van der Waals surface area contributed by atoms with Gasteiger partial charge >= 0.3 is 5.97 Å². The second kappa shape index (κ2) is 25.0. The van der Waals surface area contributed by atoms with E-state index in [1.807, 2.05) is 51.1 Å². The molecule has 1 aliphatic rings. The number of carbonyl (C=O) groups is 1. The lowest BCUT2D eigenvalue weighted by Crippen LogP contribution is -2.67. The lowest BCUT2D eigenvalue weighted by molar-refractivity contribution is -0.152. The third-order valence-electron chi connectivity index (χ3n) is 14.2. The minimum absolute atomic E-state index is 0.0140. The van der Waals surface area contributed by atoms with Crippen molar-refractivity contribution in [3.8, 4) is 5.75 Å². The molecular formula is C58H85N3O7SSi3. The van der Waals surface area contributed by atoms with E-state index in [1.165, 1.54) is 10.4 Å². The molecule has 1 heterocycles. The Balaban J connectivity index is 1.56. The normalized spacial score (nSPS) is 18.3. The van der Waals surface area contributed by atoms with Crippen molar-refractivity contribution in [2.24, 2.45) is 11.0 Å². The van der Waals surface area contributed by atoms with Gasteiger partial charge in [0.1, 0.15) is 11.9 Å². The summed E-state index contributed by atoms with van der Waals surface area (Å²) >= 11 is 1.69. The summed E-state index contributed by atoms with van der Waals surface area (Å²) in [6.07, 6.45) is 4.29. The molecule has 72 heavy (non-hydrogen) atoms. The summed E-state index contributed by atoms with van der Waals surface area (Å²) in [7, 11) is -6.72. The zero-order valence-corrected chi connectivity index (χ0v) is 50.1. The van der Waals surface area contributed by atoms with Gasteiger partial charge in [-0.3, -0.25) is 0 Å². The molecule has 0 N–H and O–H groups in total. The fraction of sp³-hybridized carbons (Fsp3) is 0.534. The topological polar surface area (TPSA) is 121 Å². The predicted molar refractivity (Wildman–Crippen MR) is 306 cm³/mol. The van der Waals surface area contributed by atoms with Crippen LogP contribution in [0.3, 0.4) is 0 Å². The molecule has 0 saturated carbocycles. The molecule has 5 rings (SSSR count). The number of esters is 1.